The Balaban J connectivity index is 1.41. The third kappa shape index (κ3) is 4.33. The average molecular weight is 377 g/mol. The molecule has 1 aliphatic heterocycles. The normalized spacial score (nSPS) is 16.7. The summed E-state index contributed by atoms with van der Waals surface area (Å²) in [6.07, 6.45) is 8.38. The summed E-state index contributed by atoms with van der Waals surface area (Å²) in [7, 11) is 0. The van der Waals surface area contributed by atoms with Crippen molar-refractivity contribution < 1.29 is 4.79 Å². The maximum atomic E-state index is 12.9. The molecule has 3 aromatic rings. The summed E-state index contributed by atoms with van der Waals surface area (Å²) < 4.78 is 1.56. The quantitative estimate of drug-likeness (QED) is 0.738. The number of tetrazole rings is 1. The fourth-order valence-electron chi connectivity index (χ4n) is 3.63. The number of anilines is 1. The van der Waals surface area contributed by atoms with E-state index in [0.717, 1.165) is 55.7 Å². The Labute approximate surface area is 163 Å². The molecule has 1 aliphatic rings. The molecule has 0 bridgehead atoms. The van der Waals surface area contributed by atoms with Crippen molar-refractivity contribution in [3.8, 4) is 5.69 Å². The van der Waals surface area contributed by atoms with Crippen LogP contribution in [0.4, 0.5) is 10.5 Å². The van der Waals surface area contributed by atoms with Crippen LogP contribution in [0.2, 0.25) is 0 Å². The summed E-state index contributed by atoms with van der Waals surface area (Å²) in [5, 5.41) is 14.2. The number of amides is 2. The van der Waals surface area contributed by atoms with E-state index in [4.69, 9.17) is 0 Å². The van der Waals surface area contributed by atoms with E-state index in [1.54, 1.807) is 4.68 Å². The molecule has 144 valence electrons. The molecule has 0 radical (unpaired) electrons. The Morgan fingerprint density at radius 2 is 2.14 bits per heavy atom. The summed E-state index contributed by atoms with van der Waals surface area (Å²) in [4.78, 5) is 19.3. The van der Waals surface area contributed by atoms with E-state index in [-0.39, 0.29) is 12.1 Å². The van der Waals surface area contributed by atoms with Crippen LogP contribution in [0.1, 0.15) is 31.4 Å². The molecule has 0 aliphatic carbocycles. The van der Waals surface area contributed by atoms with Gasteiger partial charge in [0, 0.05) is 30.2 Å². The number of carbonyl (C=O) groups excluding carboxylic acids is 1. The number of hydrogen-bond donors (Lipinski definition) is 1. The van der Waals surface area contributed by atoms with Crippen molar-refractivity contribution in [3.05, 3.63) is 60.7 Å². The number of nitrogens with zero attached hydrogens (tertiary/aromatic N) is 6. The van der Waals surface area contributed by atoms with Gasteiger partial charge in [0.15, 0.2) is 0 Å². The van der Waals surface area contributed by atoms with Gasteiger partial charge in [0.25, 0.3) is 0 Å². The summed E-state index contributed by atoms with van der Waals surface area (Å²) in [5.41, 5.74) is 2.60. The van der Waals surface area contributed by atoms with Gasteiger partial charge in [-0.3, -0.25) is 4.98 Å². The highest BCUT2D eigenvalue weighted by molar-refractivity contribution is 5.89. The van der Waals surface area contributed by atoms with Crippen molar-refractivity contribution in [1.29, 1.82) is 0 Å². The number of aromatic nitrogens is 5. The van der Waals surface area contributed by atoms with Gasteiger partial charge < -0.3 is 10.2 Å². The third-order valence-electron chi connectivity index (χ3n) is 5.06. The second-order valence-electron chi connectivity index (χ2n) is 6.94. The number of urea groups is 1. The zero-order valence-corrected chi connectivity index (χ0v) is 15.6. The number of piperidine rings is 1. The van der Waals surface area contributed by atoms with Crippen LogP contribution in [0.3, 0.4) is 0 Å². The lowest BCUT2D eigenvalue weighted by molar-refractivity contribution is 0.158. The van der Waals surface area contributed by atoms with E-state index in [9.17, 15) is 4.79 Å². The van der Waals surface area contributed by atoms with Gasteiger partial charge in [-0.05, 0) is 72.9 Å². The second kappa shape index (κ2) is 8.60. The summed E-state index contributed by atoms with van der Waals surface area (Å²) in [6.45, 7) is 0.783. The monoisotopic (exact) mass is 377 g/mol. The van der Waals surface area contributed by atoms with Gasteiger partial charge in [-0.25, -0.2) is 9.48 Å². The number of nitrogens with one attached hydrogen (secondary N) is 1. The highest BCUT2D eigenvalue weighted by Crippen LogP contribution is 2.23. The Morgan fingerprint density at radius 3 is 2.96 bits per heavy atom. The average Bonchev–Trinajstić information content (AvgIpc) is 3.28. The smallest absolute Gasteiger partial charge is 0.322 e. The Kier molecular flexibility index (Phi) is 5.56. The molecule has 0 spiro atoms. The molecule has 1 saturated heterocycles. The molecule has 1 aromatic carbocycles. The maximum Gasteiger partial charge on any atom is 0.322 e. The molecule has 0 saturated carbocycles. The first kappa shape index (κ1) is 18.1. The van der Waals surface area contributed by atoms with Crippen LogP contribution in [0.5, 0.6) is 0 Å². The fourth-order valence-corrected chi connectivity index (χ4v) is 3.63. The summed E-state index contributed by atoms with van der Waals surface area (Å²) in [6, 6.07) is 13.7. The molecule has 8 heteroatoms. The zero-order valence-electron chi connectivity index (χ0n) is 15.6. The van der Waals surface area contributed by atoms with Crippen LogP contribution >= 0.6 is 0 Å². The number of pyridine rings is 1. The SMILES string of the molecule is O=C(Nc1cccc(-n2cnnn2)c1)N1CCCCC1CCc1ccccn1. The molecule has 8 nitrogen and oxygen atoms in total. The third-order valence-corrected chi connectivity index (χ3v) is 5.06. The number of carbonyl (C=O) groups is 1. The van der Waals surface area contributed by atoms with Crippen molar-refractivity contribution in [3.63, 3.8) is 0 Å². The van der Waals surface area contributed by atoms with E-state index in [1.807, 2.05) is 53.6 Å². The van der Waals surface area contributed by atoms with Crippen molar-refractivity contribution >= 4 is 11.7 Å². The lowest BCUT2D eigenvalue weighted by Gasteiger charge is -2.35. The van der Waals surface area contributed by atoms with E-state index in [0.29, 0.717) is 0 Å². The van der Waals surface area contributed by atoms with Gasteiger partial charge in [-0.1, -0.05) is 12.1 Å². The molecule has 1 fully saturated rings. The topological polar surface area (TPSA) is 88.8 Å². The molecular formula is C20H23N7O. The summed E-state index contributed by atoms with van der Waals surface area (Å²) >= 11 is 0. The largest absolute Gasteiger partial charge is 0.322 e. The number of rotatable bonds is 5. The molecule has 1 unspecified atom stereocenters. The zero-order chi connectivity index (χ0) is 19.2. The van der Waals surface area contributed by atoms with Crippen molar-refractivity contribution in [2.75, 3.05) is 11.9 Å². The van der Waals surface area contributed by atoms with E-state index >= 15 is 0 Å². The predicted molar refractivity (Wildman–Crippen MR) is 105 cm³/mol. The lowest BCUT2D eigenvalue weighted by atomic mass is 9.97. The molecular weight excluding hydrogens is 354 g/mol. The van der Waals surface area contributed by atoms with E-state index < -0.39 is 0 Å². The van der Waals surface area contributed by atoms with Crippen LogP contribution in [0.15, 0.2) is 55.0 Å². The number of benzene rings is 1. The van der Waals surface area contributed by atoms with Crippen molar-refractivity contribution in [2.45, 2.75) is 38.1 Å². The van der Waals surface area contributed by atoms with E-state index in [2.05, 4.69) is 25.8 Å². The fraction of sp³-hybridized carbons (Fsp3) is 0.350. The van der Waals surface area contributed by atoms with Crippen molar-refractivity contribution in [2.24, 2.45) is 0 Å². The van der Waals surface area contributed by atoms with Crippen LogP contribution in [-0.4, -0.2) is 48.7 Å². The Hall–Kier alpha value is -3.29. The van der Waals surface area contributed by atoms with Gasteiger partial charge in [0.1, 0.15) is 6.33 Å². The van der Waals surface area contributed by atoms with Crippen molar-refractivity contribution in [1.82, 2.24) is 30.1 Å². The minimum absolute atomic E-state index is 0.0559. The number of likely N-dealkylation sites (tertiary alicyclic amines) is 1. The molecule has 1 atom stereocenters. The van der Waals surface area contributed by atoms with Gasteiger partial charge >= 0.3 is 6.03 Å². The number of aryl methyl sites for hydroxylation is 1. The van der Waals surface area contributed by atoms with Gasteiger partial charge in [0.2, 0.25) is 0 Å². The highest BCUT2D eigenvalue weighted by atomic mass is 16.2. The first-order chi connectivity index (χ1) is 13.8. The van der Waals surface area contributed by atoms with E-state index in [1.165, 1.54) is 6.33 Å². The summed E-state index contributed by atoms with van der Waals surface area (Å²) in [5.74, 6) is 0. The van der Waals surface area contributed by atoms with Gasteiger partial charge in [-0.15, -0.1) is 5.10 Å². The second-order valence-corrected chi connectivity index (χ2v) is 6.94. The van der Waals surface area contributed by atoms with Gasteiger partial charge in [-0.2, -0.15) is 0 Å². The molecule has 3 heterocycles. The van der Waals surface area contributed by atoms with Crippen LogP contribution in [0.25, 0.3) is 5.69 Å². The standard InChI is InChI=1S/C20H23N7O/c28-20(23-17-7-5-9-19(14-17)27-15-22-24-25-27)26-13-4-2-8-18(26)11-10-16-6-1-3-12-21-16/h1,3,5-7,9,12,14-15,18H,2,4,8,10-11,13H2,(H,23,28). The van der Waals surface area contributed by atoms with Crippen LogP contribution < -0.4 is 5.32 Å². The van der Waals surface area contributed by atoms with Crippen LogP contribution in [0, 0.1) is 0 Å². The van der Waals surface area contributed by atoms with Crippen LogP contribution in [-0.2, 0) is 6.42 Å². The van der Waals surface area contributed by atoms with Gasteiger partial charge in [0.05, 0.1) is 5.69 Å². The number of hydrogen-bond acceptors (Lipinski definition) is 5. The Bertz CT molecular complexity index is 898. The first-order valence-corrected chi connectivity index (χ1v) is 9.60. The highest BCUT2D eigenvalue weighted by Gasteiger charge is 2.26. The molecule has 4 rings (SSSR count). The molecule has 1 N–H and O–H groups in total. The minimum Gasteiger partial charge on any atom is -0.322 e. The maximum absolute atomic E-state index is 12.9. The predicted octanol–water partition coefficient (Wildman–Crippen LogP) is 3.08. The minimum atomic E-state index is -0.0559. The Morgan fingerprint density at radius 1 is 1.18 bits per heavy atom. The molecule has 28 heavy (non-hydrogen) atoms. The lowest BCUT2D eigenvalue weighted by Crippen LogP contribution is -2.46. The molecule has 2 amide bonds. The molecule has 2 aromatic heterocycles. The first-order valence-electron chi connectivity index (χ1n) is 9.60.